The number of rotatable bonds is 8. The van der Waals surface area contributed by atoms with E-state index in [0.29, 0.717) is 6.61 Å². The minimum absolute atomic E-state index is 0.197. The molecule has 112 valence electrons. The molecule has 0 aliphatic carbocycles. The first-order valence-corrected chi connectivity index (χ1v) is 6.50. The van der Waals surface area contributed by atoms with Gasteiger partial charge in [0.25, 0.3) is 0 Å². The Bertz CT molecular complexity index is 424. The van der Waals surface area contributed by atoms with Crippen molar-refractivity contribution in [1.29, 1.82) is 0 Å². The van der Waals surface area contributed by atoms with Crippen molar-refractivity contribution in [2.24, 2.45) is 0 Å². The van der Waals surface area contributed by atoms with Crippen LogP contribution in [-0.2, 0) is 16.1 Å². The average molecular weight is 282 g/mol. The molecule has 5 heteroatoms. The van der Waals surface area contributed by atoms with E-state index >= 15 is 0 Å². The number of ether oxygens (including phenoxy) is 2. The Morgan fingerprint density at radius 1 is 1.35 bits per heavy atom. The number of ketones is 1. The van der Waals surface area contributed by atoms with Crippen LogP contribution in [0.2, 0.25) is 0 Å². The smallest absolute Gasteiger partial charge is 0.163 e. The molecule has 20 heavy (non-hydrogen) atoms. The van der Waals surface area contributed by atoms with E-state index in [1.807, 2.05) is 24.3 Å². The van der Waals surface area contributed by atoms with Gasteiger partial charge in [-0.15, -0.1) is 0 Å². The molecule has 2 N–H and O–H groups in total. The van der Waals surface area contributed by atoms with Gasteiger partial charge in [-0.2, -0.15) is 0 Å². The molecule has 0 amide bonds. The highest BCUT2D eigenvalue weighted by atomic mass is 16.5. The van der Waals surface area contributed by atoms with Crippen molar-refractivity contribution in [3.8, 4) is 5.75 Å². The lowest BCUT2D eigenvalue weighted by Gasteiger charge is -2.26. The van der Waals surface area contributed by atoms with Gasteiger partial charge in [0.1, 0.15) is 11.4 Å². The standard InChI is InChI=1S/C15H22O5/c1-11(16)15(2,18)14(17)8-9-20-10-12-4-6-13(19-3)7-5-12/h4-7,14,17-18H,8-10H2,1-3H3/t14-,15-/m1/s1. The van der Waals surface area contributed by atoms with Crippen molar-refractivity contribution >= 4 is 5.78 Å². The Morgan fingerprint density at radius 2 is 1.95 bits per heavy atom. The maximum Gasteiger partial charge on any atom is 0.163 e. The van der Waals surface area contributed by atoms with E-state index < -0.39 is 17.5 Å². The number of carbonyl (C=O) groups excluding carboxylic acids is 1. The highest BCUT2D eigenvalue weighted by Crippen LogP contribution is 2.15. The first-order chi connectivity index (χ1) is 9.37. The summed E-state index contributed by atoms with van der Waals surface area (Å²) >= 11 is 0. The number of methoxy groups -OCH3 is 1. The molecule has 0 spiro atoms. The summed E-state index contributed by atoms with van der Waals surface area (Å²) in [5.74, 6) is 0.321. The third-order valence-electron chi connectivity index (χ3n) is 3.33. The van der Waals surface area contributed by atoms with Gasteiger partial charge in [-0.1, -0.05) is 12.1 Å². The molecule has 0 fully saturated rings. The van der Waals surface area contributed by atoms with Gasteiger partial charge in [0, 0.05) is 6.61 Å². The van der Waals surface area contributed by atoms with Crippen LogP contribution in [0.5, 0.6) is 5.75 Å². The van der Waals surface area contributed by atoms with Gasteiger partial charge < -0.3 is 19.7 Å². The van der Waals surface area contributed by atoms with Crippen LogP contribution >= 0.6 is 0 Å². The summed E-state index contributed by atoms with van der Waals surface area (Å²) < 4.78 is 10.5. The predicted octanol–water partition coefficient (Wildman–Crippen LogP) is 1.30. The van der Waals surface area contributed by atoms with Crippen LogP contribution in [0, 0.1) is 0 Å². The molecule has 0 unspecified atom stereocenters. The SMILES string of the molecule is COc1ccc(COCC[C@@H](O)[C@](C)(O)C(C)=O)cc1. The first-order valence-electron chi connectivity index (χ1n) is 6.50. The van der Waals surface area contributed by atoms with Crippen molar-refractivity contribution in [3.63, 3.8) is 0 Å². The Kier molecular flexibility index (Phi) is 6.13. The fourth-order valence-electron chi connectivity index (χ4n) is 1.62. The molecule has 0 aliphatic heterocycles. The lowest BCUT2D eigenvalue weighted by molar-refractivity contribution is -0.146. The van der Waals surface area contributed by atoms with E-state index in [1.54, 1.807) is 7.11 Å². The van der Waals surface area contributed by atoms with Crippen LogP contribution in [0.3, 0.4) is 0 Å². The van der Waals surface area contributed by atoms with Crippen LogP contribution < -0.4 is 4.74 Å². The van der Waals surface area contributed by atoms with E-state index in [1.165, 1.54) is 13.8 Å². The second kappa shape index (κ2) is 7.38. The molecule has 0 radical (unpaired) electrons. The summed E-state index contributed by atoms with van der Waals surface area (Å²) in [6.45, 7) is 3.22. The summed E-state index contributed by atoms with van der Waals surface area (Å²) in [5.41, 5.74) is -0.734. The molecule has 0 saturated carbocycles. The van der Waals surface area contributed by atoms with Crippen LogP contribution in [0.4, 0.5) is 0 Å². The molecular weight excluding hydrogens is 260 g/mol. The third kappa shape index (κ3) is 4.59. The number of Topliss-reactive ketones (excluding diaryl/α,β-unsaturated/α-hetero) is 1. The number of hydrogen-bond acceptors (Lipinski definition) is 5. The van der Waals surface area contributed by atoms with Gasteiger partial charge in [0.2, 0.25) is 0 Å². The number of benzene rings is 1. The first kappa shape index (κ1) is 16.6. The summed E-state index contributed by atoms with van der Waals surface area (Å²) in [6.07, 6.45) is -0.932. The lowest BCUT2D eigenvalue weighted by atomic mass is 9.93. The molecule has 0 aromatic heterocycles. The molecule has 0 saturated heterocycles. The molecule has 2 atom stereocenters. The zero-order valence-electron chi connectivity index (χ0n) is 12.1. The fraction of sp³-hybridized carbons (Fsp3) is 0.533. The van der Waals surface area contributed by atoms with Crippen molar-refractivity contribution in [2.45, 2.75) is 38.6 Å². The molecule has 0 heterocycles. The van der Waals surface area contributed by atoms with Crippen molar-refractivity contribution in [1.82, 2.24) is 0 Å². The Labute approximate surface area is 119 Å². The van der Waals surface area contributed by atoms with Gasteiger partial charge in [-0.05, 0) is 38.0 Å². The van der Waals surface area contributed by atoms with E-state index in [4.69, 9.17) is 9.47 Å². The lowest BCUT2D eigenvalue weighted by Crippen LogP contribution is -2.46. The second-order valence-corrected chi connectivity index (χ2v) is 4.91. The van der Waals surface area contributed by atoms with E-state index in [2.05, 4.69) is 0 Å². The monoisotopic (exact) mass is 282 g/mol. The molecule has 0 bridgehead atoms. The Balaban J connectivity index is 2.32. The van der Waals surface area contributed by atoms with Crippen LogP contribution in [0.15, 0.2) is 24.3 Å². The summed E-state index contributed by atoms with van der Waals surface area (Å²) in [7, 11) is 1.60. The maximum atomic E-state index is 11.2. The quantitative estimate of drug-likeness (QED) is 0.703. The van der Waals surface area contributed by atoms with Crippen LogP contribution in [0.25, 0.3) is 0 Å². The third-order valence-corrected chi connectivity index (χ3v) is 3.33. The van der Waals surface area contributed by atoms with Crippen LogP contribution in [-0.4, -0.2) is 41.4 Å². The molecule has 5 nitrogen and oxygen atoms in total. The van der Waals surface area contributed by atoms with Crippen LogP contribution in [0.1, 0.15) is 25.8 Å². The van der Waals surface area contributed by atoms with E-state index in [0.717, 1.165) is 11.3 Å². The number of aliphatic hydroxyl groups is 2. The second-order valence-electron chi connectivity index (χ2n) is 4.91. The summed E-state index contributed by atoms with van der Waals surface area (Å²) in [5, 5.41) is 19.5. The zero-order chi connectivity index (χ0) is 15.2. The molecule has 1 aromatic carbocycles. The number of hydrogen-bond donors (Lipinski definition) is 2. The zero-order valence-corrected chi connectivity index (χ0v) is 12.1. The highest BCUT2D eigenvalue weighted by molar-refractivity contribution is 5.84. The number of carbonyl (C=O) groups is 1. The normalized spacial score (nSPS) is 15.4. The highest BCUT2D eigenvalue weighted by Gasteiger charge is 2.34. The molecule has 0 aliphatic rings. The largest absolute Gasteiger partial charge is 0.497 e. The van der Waals surface area contributed by atoms with Gasteiger partial charge in [0.05, 0.1) is 19.8 Å². The Morgan fingerprint density at radius 3 is 2.45 bits per heavy atom. The topological polar surface area (TPSA) is 76.0 Å². The minimum Gasteiger partial charge on any atom is -0.497 e. The Hall–Kier alpha value is -1.43. The fourth-order valence-corrected chi connectivity index (χ4v) is 1.62. The molecule has 1 aromatic rings. The summed E-state index contributed by atoms with van der Waals surface area (Å²) in [4.78, 5) is 11.2. The van der Waals surface area contributed by atoms with Gasteiger partial charge in [-0.3, -0.25) is 4.79 Å². The van der Waals surface area contributed by atoms with Gasteiger partial charge >= 0.3 is 0 Å². The summed E-state index contributed by atoms with van der Waals surface area (Å²) in [6, 6.07) is 7.46. The maximum absolute atomic E-state index is 11.2. The molecule has 1 rings (SSSR count). The molecular formula is C15H22O5. The van der Waals surface area contributed by atoms with Crippen molar-refractivity contribution in [3.05, 3.63) is 29.8 Å². The average Bonchev–Trinajstić information content (AvgIpc) is 2.43. The predicted molar refractivity (Wildman–Crippen MR) is 74.6 cm³/mol. The van der Waals surface area contributed by atoms with Gasteiger partial charge in [0.15, 0.2) is 5.78 Å². The van der Waals surface area contributed by atoms with Crippen molar-refractivity contribution < 1.29 is 24.5 Å². The van der Waals surface area contributed by atoms with Crippen molar-refractivity contribution in [2.75, 3.05) is 13.7 Å². The van der Waals surface area contributed by atoms with E-state index in [9.17, 15) is 15.0 Å². The van der Waals surface area contributed by atoms with E-state index in [-0.39, 0.29) is 13.0 Å². The minimum atomic E-state index is -1.72. The number of aliphatic hydroxyl groups excluding tert-OH is 1. The van der Waals surface area contributed by atoms with Gasteiger partial charge in [-0.25, -0.2) is 0 Å².